The van der Waals surface area contributed by atoms with Gasteiger partial charge >= 0.3 is 0 Å². The highest BCUT2D eigenvalue weighted by Crippen LogP contribution is 2.22. The van der Waals surface area contributed by atoms with Crippen LogP contribution in [0.2, 0.25) is 0 Å². The maximum atomic E-state index is 3.45. The molecular weight excluding hydrogens is 238 g/mol. The normalized spacial score (nSPS) is 11.4. The minimum Gasteiger partial charge on any atom is -0.315 e. The molecule has 0 radical (unpaired) electrons. The number of hydrogen-bond donors (Lipinski definition) is 1. The van der Waals surface area contributed by atoms with E-state index in [0.29, 0.717) is 12.0 Å². The second-order valence-electron chi connectivity index (χ2n) is 5.39. The monoisotopic (exact) mass is 265 g/mol. The number of rotatable bonds is 8. The predicted octanol–water partition coefficient (Wildman–Crippen LogP) is 4.68. The van der Waals surface area contributed by atoms with Crippen LogP contribution in [0.4, 0.5) is 0 Å². The minimum atomic E-state index is 0.612. The van der Waals surface area contributed by atoms with Gasteiger partial charge in [-0.25, -0.2) is 0 Å². The molecular formula is C16H27NS. The van der Waals surface area contributed by atoms with E-state index in [9.17, 15) is 0 Å². The first-order chi connectivity index (χ1) is 8.59. The van der Waals surface area contributed by atoms with Crippen LogP contribution in [-0.2, 0) is 0 Å². The molecule has 0 bridgehead atoms. The Morgan fingerprint density at radius 3 is 2.22 bits per heavy atom. The largest absolute Gasteiger partial charge is 0.315 e. The van der Waals surface area contributed by atoms with Gasteiger partial charge in [0.2, 0.25) is 0 Å². The summed E-state index contributed by atoms with van der Waals surface area (Å²) in [5, 5.41) is 3.45. The first-order valence-electron chi connectivity index (χ1n) is 7.05. The topological polar surface area (TPSA) is 12.0 Å². The summed E-state index contributed by atoms with van der Waals surface area (Å²) in [6, 6.07) is 9.64. The van der Waals surface area contributed by atoms with E-state index in [4.69, 9.17) is 0 Å². The van der Waals surface area contributed by atoms with Crippen molar-refractivity contribution in [2.75, 3.05) is 12.3 Å². The molecule has 0 heterocycles. The van der Waals surface area contributed by atoms with E-state index in [0.717, 1.165) is 6.54 Å². The van der Waals surface area contributed by atoms with Crippen LogP contribution in [0, 0.1) is 0 Å². The molecule has 0 saturated carbocycles. The molecule has 1 aromatic rings. The third-order valence-electron chi connectivity index (χ3n) is 2.94. The molecule has 0 unspecified atom stereocenters. The van der Waals surface area contributed by atoms with Gasteiger partial charge in [0, 0.05) is 10.9 Å². The lowest BCUT2D eigenvalue weighted by Gasteiger charge is -2.08. The molecule has 1 nitrogen and oxygen atoms in total. The van der Waals surface area contributed by atoms with Gasteiger partial charge in [0.05, 0.1) is 0 Å². The zero-order valence-electron chi connectivity index (χ0n) is 12.2. The summed E-state index contributed by atoms with van der Waals surface area (Å²) in [5.41, 5.74) is 1.43. The fourth-order valence-electron chi connectivity index (χ4n) is 1.76. The highest BCUT2D eigenvalue weighted by atomic mass is 32.2. The van der Waals surface area contributed by atoms with E-state index >= 15 is 0 Å². The number of hydrogen-bond acceptors (Lipinski definition) is 2. The van der Waals surface area contributed by atoms with Crippen LogP contribution in [0.3, 0.4) is 0 Å². The first kappa shape index (κ1) is 15.6. The van der Waals surface area contributed by atoms with Crippen LogP contribution in [0.15, 0.2) is 29.2 Å². The molecule has 0 aliphatic rings. The van der Waals surface area contributed by atoms with Gasteiger partial charge < -0.3 is 5.32 Å². The van der Waals surface area contributed by atoms with Crippen LogP contribution in [0.25, 0.3) is 0 Å². The van der Waals surface area contributed by atoms with Gasteiger partial charge in [0.1, 0.15) is 0 Å². The van der Waals surface area contributed by atoms with E-state index in [1.807, 2.05) is 11.8 Å². The van der Waals surface area contributed by atoms with Crippen molar-refractivity contribution in [2.24, 2.45) is 0 Å². The minimum absolute atomic E-state index is 0.612. The van der Waals surface area contributed by atoms with Crippen molar-refractivity contribution in [2.45, 2.75) is 57.4 Å². The molecule has 102 valence electrons. The van der Waals surface area contributed by atoms with Crippen molar-refractivity contribution in [3.63, 3.8) is 0 Å². The lowest BCUT2D eigenvalue weighted by atomic mass is 10.0. The fourth-order valence-corrected chi connectivity index (χ4v) is 2.67. The maximum Gasteiger partial charge on any atom is 0.00721 e. The summed E-state index contributed by atoms with van der Waals surface area (Å²) in [6.07, 6.45) is 2.56. The molecule has 1 N–H and O–H groups in total. The lowest BCUT2D eigenvalue weighted by molar-refractivity contribution is 0.567. The molecule has 1 aromatic carbocycles. The smallest absolute Gasteiger partial charge is 0.00721 e. The fraction of sp³-hybridized carbons (Fsp3) is 0.625. The van der Waals surface area contributed by atoms with Crippen molar-refractivity contribution >= 4 is 11.8 Å². The number of unbranched alkanes of at least 4 members (excludes halogenated alkanes) is 1. The van der Waals surface area contributed by atoms with Crippen molar-refractivity contribution in [3.8, 4) is 0 Å². The Bertz CT molecular complexity index is 316. The third-order valence-corrected chi connectivity index (χ3v) is 4.04. The summed E-state index contributed by atoms with van der Waals surface area (Å²) in [5.74, 6) is 1.85. The molecule has 0 aliphatic carbocycles. The van der Waals surface area contributed by atoms with Gasteiger partial charge in [-0.3, -0.25) is 0 Å². The lowest BCUT2D eigenvalue weighted by Crippen LogP contribution is -2.23. The Balaban J connectivity index is 2.15. The first-order valence-corrected chi connectivity index (χ1v) is 8.04. The zero-order chi connectivity index (χ0) is 13.4. The van der Waals surface area contributed by atoms with E-state index < -0.39 is 0 Å². The molecule has 0 atom stereocenters. The van der Waals surface area contributed by atoms with Gasteiger partial charge in [0.15, 0.2) is 0 Å². The Kier molecular flexibility index (Phi) is 7.45. The molecule has 1 rings (SSSR count). The van der Waals surface area contributed by atoms with Crippen molar-refractivity contribution < 1.29 is 0 Å². The van der Waals surface area contributed by atoms with E-state index in [2.05, 4.69) is 57.3 Å². The summed E-state index contributed by atoms with van der Waals surface area (Å²) >= 11 is 1.97. The predicted molar refractivity (Wildman–Crippen MR) is 83.6 cm³/mol. The Hall–Kier alpha value is -0.470. The summed E-state index contributed by atoms with van der Waals surface area (Å²) in [6.45, 7) is 10.0. The SMILES string of the molecule is CC(C)NCCCCSc1ccc(C(C)C)cc1. The van der Waals surface area contributed by atoms with Gasteiger partial charge in [0.25, 0.3) is 0 Å². The van der Waals surface area contributed by atoms with Crippen LogP contribution in [-0.4, -0.2) is 18.3 Å². The molecule has 0 aromatic heterocycles. The van der Waals surface area contributed by atoms with Crippen molar-refractivity contribution in [1.29, 1.82) is 0 Å². The molecule has 0 aliphatic heterocycles. The number of thioether (sulfide) groups is 1. The van der Waals surface area contributed by atoms with E-state index in [-0.39, 0.29) is 0 Å². The molecule has 0 spiro atoms. The van der Waals surface area contributed by atoms with Crippen molar-refractivity contribution in [3.05, 3.63) is 29.8 Å². The van der Waals surface area contributed by atoms with Gasteiger partial charge in [-0.15, -0.1) is 11.8 Å². The Morgan fingerprint density at radius 2 is 1.67 bits per heavy atom. The second-order valence-corrected chi connectivity index (χ2v) is 6.56. The van der Waals surface area contributed by atoms with E-state index in [1.54, 1.807) is 0 Å². The van der Waals surface area contributed by atoms with Crippen LogP contribution in [0.5, 0.6) is 0 Å². The Labute approximate surface area is 117 Å². The Morgan fingerprint density at radius 1 is 1.00 bits per heavy atom. The second kappa shape index (κ2) is 8.60. The number of benzene rings is 1. The molecule has 18 heavy (non-hydrogen) atoms. The van der Waals surface area contributed by atoms with Gasteiger partial charge in [-0.1, -0.05) is 39.8 Å². The molecule has 2 heteroatoms. The average molecular weight is 265 g/mol. The highest BCUT2D eigenvalue weighted by Gasteiger charge is 1.99. The maximum absolute atomic E-state index is 3.45. The zero-order valence-corrected chi connectivity index (χ0v) is 13.0. The summed E-state index contributed by atoms with van der Waals surface area (Å²) in [4.78, 5) is 1.40. The summed E-state index contributed by atoms with van der Waals surface area (Å²) in [7, 11) is 0. The van der Waals surface area contributed by atoms with Crippen molar-refractivity contribution in [1.82, 2.24) is 5.32 Å². The van der Waals surface area contributed by atoms with Gasteiger partial charge in [-0.2, -0.15) is 0 Å². The summed E-state index contributed by atoms with van der Waals surface area (Å²) < 4.78 is 0. The quantitative estimate of drug-likeness (QED) is 0.541. The highest BCUT2D eigenvalue weighted by molar-refractivity contribution is 7.99. The molecule has 0 amide bonds. The standard InChI is InChI=1S/C16H27NS/c1-13(2)15-7-9-16(10-8-15)18-12-6-5-11-17-14(3)4/h7-10,13-14,17H,5-6,11-12H2,1-4H3. The van der Waals surface area contributed by atoms with Crippen LogP contribution in [0.1, 0.15) is 52.0 Å². The molecule has 0 fully saturated rings. The van der Waals surface area contributed by atoms with Gasteiger partial charge in [-0.05, 0) is 48.8 Å². The third kappa shape index (κ3) is 6.46. The average Bonchev–Trinajstić information content (AvgIpc) is 2.34. The van der Waals surface area contributed by atoms with Crippen LogP contribution < -0.4 is 5.32 Å². The van der Waals surface area contributed by atoms with Crippen LogP contribution >= 0.6 is 11.8 Å². The molecule has 0 saturated heterocycles. The number of nitrogens with one attached hydrogen (secondary N) is 1. The van der Waals surface area contributed by atoms with E-state index in [1.165, 1.54) is 29.1 Å².